The quantitative estimate of drug-likeness (QED) is 0.306. The van der Waals surface area contributed by atoms with Gasteiger partial charge in [-0.05, 0) is 74.4 Å². The van der Waals surface area contributed by atoms with Gasteiger partial charge in [-0.25, -0.2) is 4.39 Å². The van der Waals surface area contributed by atoms with Crippen LogP contribution >= 0.6 is 0 Å². The molecule has 2 amide bonds. The van der Waals surface area contributed by atoms with Crippen LogP contribution < -0.4 is 0 Å². The van der Waals surface area contributed by atoms with Crippen molar-refractivity contribution in [1.29, 1.82) is 0 Å². The van der Waals surface area contributed by atoms with Crippen molar-refractivity contribution < 1.29 is 14.0 Å². The Labute approximate surface area is 231 Å². The second kappa shape index (κ2) is 12.2. The third kappa shape index (κ3) is 6.60. The number of halogens is 1. The Morgan fingerprint density at radius 1 is 0.949 bits per heavy atom. The summed E-state index contributed by atoms with van der Waals surface area (Å²) < 4.78 is 15.5. The molecule has 0 aliphatic heterocycles. The van der Waals surface area contributed by atoms with Crippen LogP contribution in [0.3, 0.4) is 0 Å². The van der Waals surface area contributed by atoms with Crippen LogP contribution in [0.15, 0.2) is 72.9 Å². The zero-order chi connectivity index (χ0) is 27.4. The lowest BCUT2D eigenvalue weighted by molar-refractivity contribution is -0.145. The zero-order valence-corrected chi connectivity index (χ0v) is 23.1. The van der Waals surface area contributed by atoms with Crippen molar-refractivity contribution in [2.24, 2.45) is 5.92 Å². The van der Waals surface area contributed by atoms with Crippen LogP contribution in [0.4, 0.5) is 4.39 Å². The molecule has 1 aromatic heterocycles. The molecule has 2 aliphatic rings. The first-order valence-corrected chi connectivity index (χ1v) is 14.4. The minimum absolute atomic E-state index is 0.0235. The van der Waals surface area contributed by atoms with Gasteiger partial charge in [0.05, 0.1) is 6.54 Å². The smallest absolute Gasteiger partial charge is 0.242 e. The minimum Gasteiger partial charge on any atom is -0.345 e. The Morgan fingerprint density at radius 2 is 1.67 bits per heavy atom. The highest BCUT2D eigenvalue weighted by Gasteiger charge is 2.46. The molecule has 6 heteroatoms. The summed E-state index contributed by atoms with van der Waals surface area (Å²) in [4.78, 5) is 31.4. The Balaban J connectivity index is 1.31. The minimum atomic E-state index is -0.244. The number of aromatic nitrogens is 1. The number of carbonyl (C=O) groups is 2. The van der Waals surface area contributed by atoms with Gasteiger partial charge < -0.3 is 14.4 Å². The predicted octanol–water partition coefficient (Wildman–Crippen LogP) is 6.38. The van der Waals surface area contributed by atoms with Crippen LogP contribution in [0.1, 0.15) is 75.1 Å². The molecule has 0 saturated heterocycles. The number of hydrogen-bond donors (Lipinski definition) is 0. The number of amides is 2. The molecule has 2 aromatic carbocycles. The normalized spacial score (nSPS) is 19.2. The fraction of sp³-hybridized carbons (Fsp3) is 0.455. The van der Waals surface area contributed by atoms with Gasteiger partial charge in [-0.15, -0.1) is 0 Å². The van der Waals surface area contributed by atoms with Crippen molar-refractivity contribution in [1.82, 2.24) is 14.4 Å². The van der Waals surface area contributed by atoms with E-state index in [-0.39, 0.29) is 48.1 Å². The van der Waals surface area contributed by atoms with E-state index in [1.165, 1.54) is 24.1 Å². The maximum atomic E-state index is 14.0. The van der Waals surface area contributed by atoms with Crippen molar-refractivity contribution in [2.45, 2.75) is 83.5 Å². The van der Waals surface area contributed by atoms with Gasteiger partial charge in [0.25, 0.3) is 0 Å². The largest absolute Gasteiger partial charge is 0.345 e. The van der Waals surface area contributed by atoms with Crippen LogP contribution in [-0.2, 0) is 22.7 Å². The van der Waals surface area contributed by atoms with Crippen LogP contribution in [0.2, 0.25) is 0 Å². The van der Waals surface area contributed by atoms with E-state index in [1.54, 1.807) is 17.0 Å². The SMILES string of the molecule is CC(C)N(CC(=O)N(Cc1cccn1Cc1ccc(F)cc1)C1CCCCC1)C(=O)C1CC1c1ccccc1. The first kappa shape index (κ1) is 27.2. The van der Waals surface area contributed by atoms with Crippen LogP contribution in [0.5, 0.6) is 0 Å². The van der Waals surface area contributed by atoms with Gasteiger partial charge in [0.1, 0.15) is 12.4 Å². The van der Waals surface area contributed by atoms with Crippen molar-refractivity contribution in [3.8, 4) is 0 Å². The van der Waals surface area contributed by atoms with E-state index >= 15 is 0 Å². The Hall–Kier alpha value is -3.41. The molecule has 2 aliphatic carbocycles. The molecular formula is C33H40FN3O2. The van der Waals surface area contributed by atoms with Crippen molar-refractivity contribution in [3.05, 3.63) is 95.6 Å². The number of rotatable bonds is 10. The molecule has 2 saturated carbocycles. The Kier molecular flexibility index (Phi) is 8.49. The first-order valence-electron chi connectivity index (χ1n) is 14.4. The standard InChI is InChI=1S/C33H40FN3O2/c1-24(2)36(33(39)31-20-30(31)26-10-5-3-6-11-26)23-32(38)37(28-12-7-4-8-13-28)22-29-14-9-19-35(29)21-25-15-17-27(34)18-16-25/h3,5-6,9-11,14-19,24,28,30-31H,4,7-8,12-13,20-23H2,1-2H3. The molecule has 0 N–H and O–H groups in total. The van der Waals surface area contributed by atoms with Crippen molar-refractivity contribution in [2.75, 3.05) is 6.54 Å². The van der Waals surface area contributed by atoms with E-state index in [4.69, 9.17) is 0 Å². The number of hydrogen-bond acceptors (Lipinski definition) is 2. The molecule has 1 heterocycles. The summed E-state index contributed by atoms with van der Waals surface area (Å²) in [7, 11) is 0. The molecule has 0 spiro atoms. The number of nitrogens with zero attached hydrogens (tertiary/aromatic N) is 3. The highest BCUT2D eigenvalue weighted by Crippen LogP contribution is 2.48. The van der Waals surface area contributed by atoms with Gasteiger partial charge in [0.15, 0.2) is 0 Å². The molecule has 5 nitrogen and oxygen atoms in total. The molecule has 2 atom stereocenters. The second-order valence-corrected chi connectivity index (χ2v) is 11.5. The maximum absolute atomic E-state index is 14.0. The second-order valence-electron chi connectivity index (χ2n) is 11.5. The van der Waals surface area contributed by atoms with E-state index in [1.807, 2.05) is 49.2 Å². The number of benzene rings is 2. The first-order chi connectivity index (χ1) is 18.9. The average molecular weight is 530 g/mol. The molecule has 3 aromatic rings. The van der Waals surface area contributed by atoms with E-state index < -0.39 is 0 Å². The Morgan fingerprint density at radius 3 is 2.36 bits per heavy atom. The van der Waals surface area contributed by atoms with Crippen LogP contribution in [-0.4, -0.2) is 44.8 Å². The lowest BCUT2D eigenvalue weighted by Crippen LogP contribution is -2.49. The van der Waals surface area contributed by atoms with Crippen LogP contribution in [0.25, 0.3) is 0 Å². The maximum Gasteiger partial charge on any atom is 0.242 e. The van der Waals surface area contributed by atoms with Gasteiger partial charge in [-0.3, -0.25) is 9.59 Å². The van der Waals surface area contributed by atoms with E-state index in [9.17, 15) is 14.0 Å². The Bertz CT molecular complexity index is 1250. The average Bonchev–Trinajstić information content (AvgIpc) is 3.64. The molecule has 2 fully saturated rings. The van der Waals surface area contributed by atoms with E-state index in [0.29, 0.717) is 13.1 Å². The van der Waals surface area contributed by atoms with Gasteiger partial charge in [-0.1, -0.05) is 61.7 Å². The summed E-state index contributed by atoms with van der Waals surface area (Å²) >= 11 is 0. The monoisotopic (exact) mass is 529 g/mol. The third-order valence-corrected chi connectivity index (χ3v) is 8.41. The fourth-order valence-electron chi connectivity index (χ4n) is 6.02. The van der Waals surface area contributed by atoms with Crippen molar-refractivity contribution >= 4 is 11.8 Å². The molecule has 5 rings (SSSR count). The highest BCUT2D eigenvalue weighted by atomic mass is 19.1. The van der Waals surface area contributed by atoms with Crippen LogP contribution in [0, 0.1) is 11.7 Å². The predicted molar refractivity (Wildman–Crippen MR) is 151 cm³/mol. The fourth-order valence-corrected chi connectivity index (χ4v) is 6.02. The topological polar surface area (TPSA) is 45.6 Å². The third-order valence-electron chi connectivity index (χ3n) is 8.41. The summed E-state index contributed by atoms with van der Waals surface area (Å²) in [5, 5.41) is 0. The number of carbonyl (C=O) groups excluding carboxylic acids is 2. The van der Waals surface area contributed by atoms with Crippen molar-refractivity contribution in [3.63, 3.8) is 0 Å². The lowest BCUT2D eigenvalue weighted by Gasteiger charge is -2.37. The zero-order valence-electron chi connectivity index (χ0n) is 23.1. The van der Waals surface area contributed by atoms with Gasteiger partial charge in [0.2, 0.25) is 11.8 Å². The molecule has 39 heavy (non-hydrogen) atoms. The molecule has 206 valence electrons. The summed E-state index contributed by atoms with van der Waals surface area (Å²) in [5.41, 5.74) is 3.27. The van der Waals surface area contributed by atoms with E-state index in [2.05, 4.69) is 22.8 Å². The van der Waals surface area contributed by atoms with E-state index in [0.717, 1.165) is 43.4 Å². The lowest BCUT2D eigenvalue weighted by atomic mass is 9.94. The molecule has 0 radical (unpaired) electrons. The highest BCUT2D eigenvalue weighted by molar-refractivity contribution is 5.88. The summed E-state index contributed by atoms with van der Waals surface area (Å²) in [6, 6.07) is 21.0. The summed E-state index contributed by atoms with van der Waals surface area (Å²) in [6.45, 7) is 5.25. The molecule has 2 unspecified atom stereocenters. The van der Waals surface area contributed by atoms with Gasteiger partial charge >= 0.3 is 0 Å². The van der Waals surface area contributed by atoms with Gasteiger partial charge in [0, 0.05) is 36.4 Å². The summed E-state index contributed by atoms with van der Waals surface area (Å²) in [5.74, 6) is 0.0786. The summed E-state index contributed by atoms with van der Waals surface area (Å²) in [6.07, 6.45) is 8.32. The molecule has 0 bridgehead atoms. The van der Waals surface area contributed by atoms with Gasteiger partial charge in [-0.2, -0.15) is 0 Å². The molecular weight excluding hydrogens is 489 g/mol.